The fraction of sp³-hybridized carbons (Fsp3) is 1.00. The van der Waals surface area contributed by atoms with E-state index in [-0.39, 0.29) is 8.85 Å². The second-order valence-corrected chi connectivity index (χ2v) is 13.5. The summed E-state index contributed by atoms with van der Waals surface area (Å²) in [4.78, 5) is 0. The largest absolute Gasteiger partial charge is 0.0776 e. The van der Waals surface area contributed by atoms with Crippen molar-refractivity contribution in [1.29, 1.82) is 0 Å². The first-order valence-corrected chi connectivity index (χ1v) is 15.2. The summed E-state index contributed by atoms with van der Waals surface area (Å²) in [6.45, 7) is 18.9. The molecule has 0 aromatic heterocycles. The third-order valence-electron chi connectivity index (χ3n) is 9.22. The van der Waals surface area contributed by atoms with Crippen molar-refractivity contribution in [3.63, 3.8) is 0 Å². The minimum absolute atomic E-state index is 0. The van der Waals surface area contributed by atoms with E-state index >= 15 is 0 Å². The van der Waals surface area contributed by atoms with Gasteiger partial charge in [0.25, 0.3) is 0 Å². The van der Waals surface area contributed by atoms with Gasteiger partial charge in [0.2, 0.25) is 0 Å². The third kappa shape index (κ3) is 18.0. The van der Waals surface area contributed by atoms with Gasteiger partial charge in [-0.25, -0.2) is 0 Å². The lowest BCUT2D eigenvalue weighted by Crippen LogP contribution is -2.08. The van der Waals surface area contributed by atoms with Crippen LogP contribution in [0.2, 0.25) is 0 Å². The van der Waals surface area contributed by atoms with Gasteiger partial charge in [-0.15, -0.1) is 0 Å². The molecule has 0 aromatic carbocycles. The summed E-state index contributed by atoms with van der Waals surface area (Å²) in [6.07, 6.45) is 23.6. The number of hydrogen-bond acceptors (Lipinski definition) is 0. The lowest BCUT2D eigenvalue weighted by Gasteiger charge is -2.22. The summed E-state index contributed by atoms with van der Waals surface area (Å²) >= 11 is 0. The summed E-state index contributed by atoms with van der Waals surface area (Å²) in [7, 11) is 0. The maximum absolute atomic E-state index is 2.37. The molecule has 0 heteroatoms. The predicted molar refractivity (Wildman–Crippen MR) is 156 cm³/mol. The van der Waals surface area contributed by atoms with Crippen LogP contribution in [0.1, 0.15) is 167 Å². The van der Waals surface area contributed by atoms with Gasteiger partial charge < -0.3 is 0 Å². The molecule has 0 aromatic rings. The molecule has 0 aliphatic heterocycles. The van der Waals surface area contributed by atoms with E-state index in [1.165, 1.54) is 103 Å². The molecule has 0 saturated heterocycles. The molecule has 0 bridgehead atoms. The van der Waals surface area contributed by atoms with Gasteiger partial charge in [0.15, 0.2) is 0 Å². The van der Waals surface area contributed by atoms with Gasteiger partial charge >= 0.3 is 0 Å². The fourth-order valence-corrected chi connectivity index (χ4v) is 5.71. The van der Waals surface area contributed by atoms with Crippen molar-refractivity contribution in [2.45, 2.75) is 166 Å². The van der Waals surface area contributed by atoms with E-state index in [4.69, 9.17) is 0 Å². The molecule has 202 valence electrons. The van der Waals surface area contributed by atoms with Crippen LogP contribution in [0.4, 0.5) is 0 Å². The molecule has 0 unspecified atom stereocenters. The molecule has 0 heterocycles. The molecular formula is C33H70. The molecule has 0 N–H and O–H groups in total. The molecule has 4 saturated carbocycles. The highest BCUT2D eigenvalue weighted by Gasteiger charge is 2.15. The summed E-state index contributed by atoms with van der Waals surface area (Å²) in [5, 5.41) is 0. The van der Waals surface area contributed by atoms with E-state index in [1.807, 2.05) is 0 Å². The first-order chi connectivity index (χ1) is 15.2. The van der Waals surface area contributed by atoms with Crippen LogP contribution in [0.25, 0.3) is 0 Å². The van der Waals surface area contributed by atoms with E-state index in [0.717, 1.165) is 47.3 Å². The van der Waals surface area contributed by atoms with Gasteiger partial charge in [-0.2, -0.15) is 0 Å². The monoisotopic (exact) mass is 467 g/mol. The lowest BCUT2D eigenvalue weighted by molar-refractivity contribution is 0.308. The quantitative estimate of drug-likeness (QED) is 0.333. The number of hydrogen-bond donors (Lipinski definition) is 0. The van der Waals surface area contributed by atoms with Crippen LogP contribution in [0.3, 0.4) is 0 Å². The maximum Gasteiger partial charge on any atom is 0 e. The highest BCUT2D eigenvalue weighted by molar-refractivity contribution is 4.67. The molecule has 0 nitrogen and oxygen atoms in total. The highest BCUT2D eigenvalue weighted by atomic mass is 14.2. The van der Waals surface area contributed by atoms with Gasteiger partial charge in [0.05, 0.1) is 0 Å². The van der Waals surface area contributed by atoms with Crippen LogP contribution >= 0.6 is 0 Å². The zero-order valence-electron chi connectivity index (χ0n) is 23.9. The molecule has 4 fully saturated rings. The third-order valence-corrected chi connectivity index (χ3v) is 9.22. The van der Waals surface area contributed by atoms with Crippen LogP contribution in [0.5, 0.6) is 0 Å². The van der Waals surface area contributed by atoms with E-state index in [9.17, 15) is 0 Å². The number of rotatable bonds is 0. The Morgan fingerprint density at radius 3 is 0.364 bits per heavy atom. The molecule has 0 amide bonds. The van der Waals surface area contributed by atoms with E-state index in [2.05, 4.69) is 55.4 Å². The van der Waals surface area contributed by atoms with Crippen molar-refractivity contribution in [3.05, 3.63) is 0 Å². The Hall–Kier alpha value is 0. The Morgan fingerprint density at radius 2 is 0.303 bits per heavy atom. The first-order valence-electron chi connectivity index (χ1n) is 15.2. The van der Waals surface area contributed by atoms with Crippen molar-refractivity contribution < 1.29 is 1.43 Å². The summed E-state index contributed by atoms with van der Waals surface area (Å²) in [6, 6.07) is 0. The van der Waals surface area contributed by atoms with E-state index in [0.29, 0.717) is 0 Å². The normalized spacial score (nSPS) is 38.5. The van der Waals surface area contributed by atoms with Gasteiger partial charge in [0.1, 0.15) is 0 Å². The fourth-order valence-electron chi connectivity index (χ4n) is 5.71. The van der Waals surface area contributed by atoms with Gasteiger partial charge in [-0.3, -0.25) is 0 Å². The van der Waals surface area contributed by atoms with Gasteiger partial charge in [0, 0.05) is 1.43 Å². The Bertz CT molecular complexity index is 280. The van der Waals surface area contributed by atoms with E-state index < -0.39 is 0 Å². The molecule has 0 radical (unpaired) electrons. The maximum atomic E-state index is 2.37. The van der Waals surface area contributed by atoms with Crippen molar-refractivity contribution in [1.82, 2.24) is 0 Å². The summed E-state index contributed by atoms with van der Waals surface area (Å²) < 4.78 is 0. The predicted octanol–water partition coefficient (Wildman–Crippen LogP) is 12.2. The Balaban J connectivity index is 0. The molecule has 0 spiro atoms. The first kappa shape index (κ1) is 33.0. The smallest absolute Gasteiger partial charge is 0 e. The van der Waals surface area contributed by atoms with Crippen molar-refractivity contribution >= 4 is 0 Å². The van der Waals surface area contributed by atoms with Gasteiger partial charge in [-0.05, 0) is 47.3 Å². The Labute approximate surface area is 214 Å². The average Bonchev–Trinajstić information content (AvgIpc) is 2.78. The van der Waals surface area contributed by atoms with Crippen molar-refractivity contribution in [2.75, 3.05) is 0 Å². The van der Waals surface area contributed by atoms with E-state index in [1.54, 1.807) is 0 Å². The molecule has 4 aliphatic rings. The minimum atomic E-state index is 0. The molecule has 4 rings (SSSR count). The Kier molecular flexibility index (Phi) is 19.2. The van der Waals surface area contributed by atoms with Crippen LogP contribution in [0.15, 0.2) is 0 Å². The Morgan fingerprint density at radius 1 is 0.242 bits per heavy atom. The molecule has 4 aliphatic carbocycles. The average molecular weight is 467 g/mol. The van der Waals surface area contributed by atoms with Gasteiger partial charge in [-0.1, -0.05) is 166 Å². The molecule has 0 atom stereocenters. The van der Waals surface area contributed by atoms with Crippen molar-refractivity contribution in [2.24, 2.45) is 47.3 Å². The minimum Gasteiger partial charge on any atom is -0.0776 e. The second-order valence-electron chi connectivity index (χ2n) is 13.5. The van der Waals surface area contributed by atoms with Crippen molar-refractivity contribution in [3.8, 4) is 0 Å². The molecular weight excluding hydrogens is 396 g/mol. The zero-order valence-corrected chi connectivity index (χ0v) is 23.9. The summed E-state index contributed by atoms with van der Waals surface area (Å²) in [5.41, 5.74) is 0. The van der Waals surface area contributed by atoms with Crippen LogP contribution in [-0.2, 0) is 0 Å². The standard InChI is InChI=1S/4C8H16.CH4.H2/c4*1-7-3-5-8(2)6-4-7;;/h4*7-8H,3-6H2,1-2H3;1H4;1H. The van der Waals surface area contributed by atoms with Crippen LogP contribution in [-0.4, -0.2) is 0 Å². The lowest BCUT2D eigenvalue weighted by atomic mass is 9.84. The van der Waals surface area contributed by atoms with Crippen LogP contribution < -0.4 is 0 Å². The SMILES string of the molecule is C.CC1CCC(C)CC1.CC1CCC(C)CC1.CC1CCC(C)CC1.CC1CCC(C)CC1.[HH]. The zero-order chi connectivity index (χ0) is 23.9. The topological polar surface area (TPSA) is 0 Å². The second kappa shape index (κ2) is 19.2. The summed E-state index contributed by atoms with van der Waals surface area (Å²) in [5.74, 6) is 8.16. The van der Waals surface area contributed by atoms with Crippen LogP contribution in [0, 0.1) is 47.3 Å². The molecule has 33 heavy (non-hydrogen) atoms. The highest BCUT2D eigenvalue weighted by Crippen LogP contribution is 2.29.